The molecule has 0 fully saturated rings. The van der Waals surface area contributed by atoms with Gasteiger partial charge in [-0.1, -0.05) is 38.1 Å². The van der Waals surface area contributed by atoms with E-state index in [0.29, 0.717) is 6.54 Å². The molecule has 2 rings (SSSR count). The fraction of sp³-hybridized carbons (Fsp3) is 0.444. The summed E-state index contributed by atoms with van der Waals surface area (Å²) >= 11 is 1.71. The smallest absolute Gasteiger partial charge is 0.191 e. The number of nitrogens with zero attached hydrogens (tertiary/aromatic N) is 2. The van der Waals surface area contributed by atoms with Crippen LogP contribution in [0.25, 0.3) is 0 Å². The van der Waals surface area contributed by atoms with Crippen LogP contribution in [0.1, 0.15) is 34.9 Å². The highest BCUT2D eigenvalue weighted by Gasteiger charge is 2.22. The number of aromatic nitrogens is 1. The summed E-state index contributed by atoms with van der Waals surface area (Å²) in [7, 11) is 1.79. The van der Waals surface area contributed by atoms with E-state index in [9.17, 15) is 0 Å². The zero-order chi connectivity index (χ0) is 16.9. The summed E-state index contributed by atoms with van der Waals surface area (Å²) in [6.45, 7) is 10.2. The van der Waals surface area contributed by atoms with E-state index >= 15 is 0 Å². The predicted octanol–water partition coefficient (Wildman–Crippen LogP) is 4.02. The van der Waals surface area contributed by atoms with Gasteiger partial charge >= 0.3 is 0 Å². The van der Waals surface area contributed by atoms with Crippen molar-refractivity contribution in [3.63, 3.8) is 0 Å². The van der Waals surface area contributed by atoms with Gasteiger partial charge in [0.05, 0.1) is 6.54 Å². The second-order valence-corrected chi connectivity index (χ2v) is 7.66. The topological polar surface area (TPSA) is 49.3 Å². The van der Waals surface area contributed by atoms with Gasteiger partial charge in [-0.25, -0.2) is 4.98 Å². The SMILES string of the molecule is CN=C(NCc1ncc(C)s1)NCC(C)(C)c1ccccc1C.I. The molecular formula is C18H27IN4S. The van der Waals surface area contributed by atoms with E-state index in [0.717, 1.165) is 17.5 Å². The highest BCUT2D eigenvalue weighted by atomic mass is 127. The van der Waals surface area contributed by atoms with E-state index in [1.54, 1.807) is 18.4 Å². The van der Waals surface area contributed by atoms with E-state index in [2.05, 4.69) is 72.6 Å². The highest BCUT2D eigenvalue weighted by molar-refractivity contribution is 14.0. The molecule has 0 saturated carbocycles. The van der Waals surface area contributed by atoms with Gasteiger partial charge in [-0.3, -0.25) is 4.99 Å². The van der Waals surface area contributed by atoms with Crippen molar-refractivity contribution in [3.05, 3.63) is 51.5 Å². The molecule has 0 radical (unpaired) electrons. The summed E-state index contributed by atoms with van der Waals surface area (Å²) in [6, 6.07) is 8.54. The molecule has 0 spiro atoms. The lowest BCUT2D eigenvalue weighted by atomic mass is 9.82. The Hall–Kier alpha value is -1.15. The van der Waals surface area contributed by atoms with Crippen molar-refractivity contribution in [2.45, 2.75) is 39.7 Å². The Kier molecular flexibility index (Phi) is 8.15. The molecule has 0 saturated heterocycles. The van der Waals surface area contributed by atoms with Crippen molar-refractivity contribution in [2.24, 2.45) is 4.99 Å². The standard InChI is InChI=1S/C18H26N4S.HI/c1-13-8-6-7-9-15(13)18(3,4)12-22-17(19-5)21-11-16-20-10-14(2)23-16;/h6-10H,11-12H2,1-5H3,(H2,19,21,22);1H. The number of hydrogen-bond donors (Lipinski definition) is 2. The third-order valence-corrected chi connectivity index (χ3v) is 4.78. The number of rotatable bonds is 5. The van der Waals surface area contributed by atoms with Gasteiger partial charge in [-0.15, -0.1) is 35.3 Å². The molecule has 2 aromatic rings. The van der Waals surface area contributed by atoms with Crippen molar-refractivity contribution in [1.29, 1.82) is 0 Å². The molecule has 24 heavy (non-hydrogen) atoms. The molecule has 1 heterocycles. The number of hydrogen-bond acceptors (Lipinski definition) is 3. The van der Waals surface area contributed by atoms with Crippen LogP contribution in [0.4, 0.5) is 0 Å². The Morgan fingerprint density at radius 2 is 1.92 bits per heavy atom. The maximum atomic E-state index is 4.36. The number of guanidine groups is 1. The van der Waals surface area contributed by atoms with E-state index in [1.165, 1.54) is 16.0 Å². The molecule has 4 nitrogen and oxygen atoms in total. The average Bonchev–Trinajstić information content (AvgIpc) is 2.93. The summed E-state index contributed by atoms with van der Waals surface area (Å²) in [5.41, 5.74) is 2.71. The van der Waals surface area contributed by atoms with Crippen LogP contribution in [-0.4, -0.2) is 24.5 Å². The Labute approximate surface area is 166 Å². The molecule has 2 N–H and O–H groups in total. The monoisotopic (exact) mass is 458 g/mol. The molecule has 0 unspecified atom stereocenters. The number of aryl methyl sites for hydroxylation is 2. The maximum Gasteiger partial charge on any atom is 0.191 e. The first-order chi connectivity index (χ1) is 10.9. The summed E-state index contributed by atoms with van der Waals surface area (Å²) < 4.78 is 0. The van der Waals surface area contributed by atoms with E-state index in [1.807, 2.05) is 6.20 Å². The number of nitrogens with one attached hydrogen (secondary N) is 2. The second kappa shape index (κ2) is 9.36. The van der Waals surface area contributed by atoms with Gasteiger partial charge in [0.1, 0.15) is 5.01 Å². The molecule has 1 aromatic carbocycles. The first-order valence-corrected chi connectivity index (χ1v) is 8.66. The van der Waals surface area contributed by atoms with Gasteiger partial charge in [0, 0.05) is 30.1 Å². The van der Waals surface area contributed by atoms with Crippen LogP contribution in [0, 0.1) is 13.8 Å². The number of aliphatic imine (C=N–C) groups is 1. The molecule has 6 heteroatoms. The zero-order valence-corrected chi connectivity index (χ0v) is 18.2. The van der Waals surface area contributed by atoms with Crippen molar-refractivity contribution < 1.29 is 0 Å². The van der Waals surface area contributed by atoms with Gasteiger partial charge in [-0.05, 0) is 25.0 Å². The molecule has 0 aliphatic rings. The zero-order valence-electron chi connectivity index (χ0n) is 15.0. The first kappa shape index (κ1) is 20.9. The van der Waals surface area contributed by atoms with E-state index < -0.39 is 0 Å². The fourth-order valence-corrected chi connectivity index (χ4v) is 3.32. The third-order valence-electron chi connectivity index (χ3n) is 3.87. The van der Waals surface area contributed by atoms with E-state index in [4.69, 9.17) is 0 Å². The highest BCUT2D eigenvalue weighted by Crippen LogP contribution is 2.25. The van der Waals surface area contributed by atoms with Crippen LogP contribution in [-0.2, 0) is 12.0 Å². The quantitative estimate of drug-likeness (QED) is 0.404. The largest absolute Gasteiger partial charge is 0.356 e. The number of thiazole rings is 1. The summed E-state index contributed by atoms with van der Waals surface area (Å²) in [6.07, 6.45) is 1.90. The Morgan fingerprint density at radius 3 is 2.50 bits per heavy atom. The van der Waals surface area contributed by atoms with Gasteiger partial charge in [-0.2, -0.15) is 0 Å². The summed E-state index contributed by atoms with van der Waals surface area (Å²) in [5, 5.41) is 7.83. The van der Waals surface area contributed by atoms with Crippen LogP contribution in [0.5, 0.6) is 0 Å². The van der Waals surface area contributed by atoms with Crippen molar-refractivity contribution in [2.75, 3.05) is 13.6 Å². The molecule has 1 aromatic heterocycles. The lowest BCUT2D eigenvalue weighted by Gasteiger charge is -2.28. The molecule has 0 aliphatic carbocycles. The summed E-state index contributed by atoms with van der Waals surface area (Å²) in [5.74, 6) is 0.805. The Bertz CT molecular complexity index is 679. The fourth-order valence-electron chi connectivity index (χ4n) is 2.60. The molecular weight excluding hydrogens is 431 g/mol. The van der Waals surface area contributed by atoms with Crippen molar-refractivity contribution in [1.82, 2.24) is 15.6 Å². The lowest BCUT2D eigenvalue weighted by molar-refractivity contribution is 0.506. The van der Waals surface area contributed by atoms with Crippen LogP contribution in [0.3, 0.4) is 0 Å². The second-order valence-electron chi connectivity index (χ2n) is 6.34. The van der Waals surface area contributed by atoms with Crippen LogP contribution in [0.15, 0.2) is 35.5 Å². The third kappa shape index (κ3) is 5.73. The molecule has 0 amide bonds. The maximum absolute atomic E-state index is 4.36. The van der Waals surface area contributed by atoms with Crippen molar-refractivity contribution >= 4 is 41.3 Å². The normalized spacial score (nSPS) is 11.8. The van der Waals surface area contributed by atoms with Gasteiger partial charge in [0.2, 0.25) is 0 Å². The number of benzene rings is 1. The molecule has 0 aliphatic heterocycles. The predicted molar refractivity (Wildman–Crippen MR) is 115 cm³/mol. The Morgan fingerprint density at radius 1 is 1.21 bits per heavy atom. The first-order valence-electron chi connectivity index (χ1n) is 7.84. The van der Waals surface area contributed by atoms with Crippen LogP contribution < -0.4 is 10.6 Å². The van der Waals surface area contributed by atoms with Crippen LogP contribution >= 0.6 is 35.3 Å². The van der Waals surface area contributed by atoms with Crippen molar-refractivity contribution in [3.8, 4) is 0 Å². The Balaban J connectivity index is 0.00000288. The molecule has 0 atom stereocenters. The minimum absolute atomic E-state index is 0. The van der Waals surface area contributed by atoms with Gasteiger partial charge < -0.3 is 10.6 Å². The van der Waals surface area contributed by atoms with Gasteiger partial charge in [0.15, 0.2) is 5.96 Å². The minimum Gasteiger partial charge on any atom is -0.356 e. The summed E-state index contributed by atoms with van der Waals surface area (Å²) in [4.78, 5) is 9.89. The van der Waals surface area contributed by atoms with Gasteiger partial charge in [0.25, 0.3) is 0 Å². The number of halogens is 1. The lowest BCUT2D eigenvalue weighted by Crippen LogP contribution is -2.43. The van der Waals surface area contributed by atoms with E-state index in [-0.39, 0.29) is 29.4 Å². The molecule has 0 bridgehead atoms. The molecule has 132 valence electrons. The average molecular weight is 458 g/mol. The van der Waals surface area contributed by atoms with Crippen LogP contribution in [0.2, 0.25) is 0 Å². The minimum atomic E-state index is 0.